The van der Waals surface area contributed by atoms with Crippen LogP contribution >= 0.6 is 0 Å². The topological polar surface area (TPSA) is 73.4 Å². The number of piperazine rings is 1. The third-order valence-electron chi connectivity index (χ3n) is 5.77. The summed E-state index contributed by atoms with van der Waals surface area (Å²) < 4.78 is 1.81. The fourth-order valence-corrected chi connectivity index (χ4v) is 4.13. The van der Waals surface area contributed by atoms with Gasteiger partial charge in [0.1, 0.15) is 0 Å². The molecule has 0 saturated carbocycles. The van der Waals surface area contributed by atoms with Crippen molar-refractivity contribution in [2.75, 3.05) is 37.6 Å². The van der Waals surface area contributed by atoms with Crippen molar-refractivity contribution in [1.82, 2.24) is 9.47 Å². The number of para-hydroxylation sites is 2. The normalized spacial score (nSPS) is 15.4. The molecule has 0 spiro atoms. The van der Waals surface area contributed by atoms with Crippen LogP contribution in [-0.4, -0.2) is 53.2 Å². The molecule has 1 N–H and O–H groups in total. The third kappa shape index (κ3) is 4.61. The summed E-state index contributed by atoms with van der Waals surface area (Å²) >= 11 is 0. The molecule has 1 aromatic heterocycles. The summed E-state index contributed by atoms with van der Waals surface area (Å²) in [5, 5.41) is 19.5. The number of amides is 1. The summed E-state index contributed by atoms with van der Waals surface area (Å²) in [6.45, 7) is 8.39. The van der Waals surface area contributed by atoms with Crippen LogP contribution in [0.25, 0.3) is 10.9 Å². The van der Waals surface area contributed by atoms with Gasteiger partial charge in [0.05, 0.1) is 5.52 Å². The van der Waals surface area contributed by atoms with E-state index in [1.807, 2.05) is 44.2 Å². The van der Waals surface area contributed by atoms with Crippen molar-refractivity contribution in [3.8, 4) is 5.88 Å². The van der Waals surface area contributed by atoms with Gasteiger partial charge in [-0.15, -0.1) is 10.2 Å². The highest BCUT2D eigenvalue weighted by Gasteiger charge is 2.19. The van der Waals surface area contributed by atoms with Crippen molar-refractivity contribution in [3.05, 3.63) is 54.6 Å². The van der Waals surface area contributed by atoms with E-state index >= 15 is 0 Å². The number of fused-ring (bicyclic) bond motifs is 1. The zero-order valence-corrected chi connectivity index (χ0v) is 18.1. The van der Waals surface area contributed by atoms with E-state index in [0.29, 0.717) is 18.7 Å². The van der Waals surface area contributed by atoms with Gasteiger partial charge in [-0.2, -0.15) is 0 Å². The van der Waals surface area contributed by atoms with Gasteiger partial charge in [-0.25, -0.2) is 0 Å². The van der Waals surface area contributed by atoms with Gasteiger partial charge >= 0.3 is 0 Å². The van der Waals surface area contributed by atoms with E-state index in [4.69, 9.17) is 0 Å². The lowest BCUT2D eigenvalue weighted by Gasteiger charge is -2.35. The molecule has 0 bridgehead atoms. The molecule has 7 heteroatoms. The van der Waals surface area contributed by atoms with Crippen LogP contribution in [0, 0.1) is 0 Å². The largest absolute Gasteiger partial charge is 0.493 e. The molecule has 1 saturated heterocycles. The SMILES string of the molecule is CC(C)n1c(O)c(N=NC(=O)CCN2CCN(c3ccccc3)CC2)c2ccccc21. The van der Waals surface area contributed by atoms with Gasteiger partial charge in [0.2, 0.25) is 5.88 Å². The first-order valence-corrected chi connectivity index (χ1v) is 10.8. The number of carbonyl (C=O) groups is 1. The molecule has 1 amide bonds. The van der Waals surface area contributed by atoms with Crippen LogP contribution in [0.3, 0.4) is 0 Å². The standard InChI is InChI=1S/C24H29N5O2/c1-18(2)29-21-11-7-6-10-20(21)23(24(29)31)26-25-22(30)12-13-27-14-16-28(17-15-27)19-8-4-3-5-9-19/h3-11,18,31H,12-17H2,1-2H3. The van der Waals surface area contributed by atoms with Gasteiger partial charge in [0.15, 0.2) is 5.69 Å². The molecular weight excluding hydrogens is 390 g/mol. The number of aromatic hydroxyl groups is 1. The van der Waals surface area contributed by atoms with Crippen molar-refractivity contribution in [3.63, 3.8) is 0 Å². The molecule has 3 aromatic rings. The number of carbonyl (C=O) groups excluding carboxylic acids is 1. The summed E-state index contributed by atoms with van der Waals surface area (Å²) in [4.78, 5) is 17.0. The number of hydrogen-bond donors (Lipinski definition) is 1. The van der Waals surface area contributed by atoms with Crippen LogP contribution in [0.15, 0.2) is 64.8 Å². The van der Waals surface area contributed by atoms with E-state index < -0.39 is 0 Å². The number of benzene rings is 2. The van der Waals surface area contributed by atoms with Crippen molar-refractivity contribution in [1.29, 1.82) is 0 Å². The van der Waals surface area contributed by atoms with Crippen molar-refractivity contribution in [2.24, 2.45) is 10.2 Å². The van der Waals surface area contributed by atoms with Gasteiger partial charge in [-0.3, -0.25) is 9.69 Å². The Hall–Kier alpha value is -3.19. The van der Waals surface area contributed by atoms with Crippen molar-refractivity contribution in [2.45, 2.75) is 26.3 Å². The Labute approximate surface area is 182 Å². The maximum atomic E-state index is 12.3. The summed E-state index contributed by atoms with van der Waals surface area (Å²) in [5.74, 6) is -0.226. The maximum Gasteiger partial charge on any atom is 0.266 e. The molecule has 1 aliphatic heterocycles. The molecule has 2 heterocycles. The van der Waals surface area contributed by atoms with Crippen LogP contribution in [0.1, 0.15) is 26.3 Å². The number of nitrogens with zero attached hydrogens (tertiary/aromatic N) is 5. The van der Waals surface area contributed by atoms with Crippen LogP contribution in [0.4, 0.5) is 11.4 Å². The monoisotopic (exact) mass is 419 g/mol. The van der Waals surface area contributed by atoms with E-state index in [1.54, 1.807) is 4.57 Å². The fourth-order valence-electron chi connectivity index (χ4n) is 4.13. The van der Waals surface area contributed by atoms with E-state index in [1.165, 1.54) is 5.69 Å². The second-order valence-corrected chi connectivity index (χ2v) is 8.16. The summed E-state index contributed by atoms with van der Waals surface area (Å²) in [5.41, 5.74) is 2.48. The average Bonchev–Trinajstić information content (AvgIpc) is 3.08. The molecule has 0 atom stereocenters. The Bertz CT molecular complexity index is 1070. The maximum absolute atomic E-state index is 12.3. The first-order chi connectivity index (χ1) is 15.0. The molecular formula is C24H29N5O2. The Morgan fingerprint density at radius 2 is 1.68 bits per heavy atom. The van der Waals surface area contributed by atoms with Crippen LogP contribution in [0.5, 0.6) is 5.88 Å². The van der Waals surface area contributed by atoms with Gasteiger partial charge in [-0.05, 0) is 32.0 Å². The number of rotatable bonds is 6. The van der Waals surface area contributed by atoms with Crippen LogP contribution < -0.4 is 4.90 Å². The summed E-state index contributed by atoms with van der Waals surface area (Å²) in [6, 6.07) is 18.1. The first-order valence-electron chi connectivity index (χ1n) is 10.8. The quantitative estimate of drug-likeness (QED) is 0.585. The smallest absolute Gasteiger partial charge is 0.266 e. The summed E-state index contributed by atoms with van der Waals surface area (Å²) in [6.07, 6.45) is 0.318. The van der Waals surface area contributed by atoms with Gasteiger partial charge in [-0.1, -0.05) is 36.4 Å². The van der Waals surface area contributed by atoms with E-state index in [0.717, 1.165) is 37.1 Å². The molecule has 162 valence electrons. The lowest BCUT2D eigenvalue weighted by Crippen LogP contribution is -2.46. The highest BCUT2D eigenvalue weighted by Crippen LogP contribution is 2.40. The third-order valence-corrected chi connectivity index (χ3v) is 5.77. The van der Waals surface area contributed by atoms with Gasteiger partial charge in [0.25, 0.3) is 5.91 Å². The first kappa shape index (κ1) is 21.1. The Morgan fingerprint density at radius 1 is 1.00 bits per heavy atom. The predicted molar refractivity (Wildman–Crippen MR) is 123 cm³/mol. The zero-order chi connectivity index (χ0) is 21.8. The highest BCUT2D eigenvalue weighted by molar-refractivity contribution is 5.95. The predicted octanol–water partition coefficient (Wildman–Crippen LogP) is 4.75. The van der Waals surface area contributed by atoms with Crippen molar-refractivity contribution < 1.29 is 9.90 Å². The van der Waals surface area contributed by atoms with Crippen molar-refractivity contribution >= 4 is 28.2 Å². The van der Waals surface area contributed by atoms with E-state index in [9.17, 15) is 9.90 Å². The molecule has 4 rings (SSSR count). The minimum absolute atomic E-state index is 0.0461. The minimum atomic E-state index is -0.272. The number of azo groups is 1. The Kier molecular flexibility index (Phi) is 6.32. The molecule has 2 aromatic carbocycles. The fraction of sp³-hybridized carbons (Fsp3) is 0.375. The van der Waals surface area contributed by atoms with E-state index in [-0.39, 0.29) is 17.8 Å². The van der Waals surface area contributed by atoms with Gasteiger partial charge in [0, 0.05) is 56.3 Å². The lowest BCUT2D eigenvalue weighted by atomic mass is 10.2. The zero-order valence-electron chi connectivity index (χ0n) is 18.1. The molecule has 0 unspecified atom stereocenters. The number of anilines is 1. The average molecular weight is 420 g/mol. The van der Waals surface area contributed by atoms with Crippen LogP contribution in [0.2, 0.25) is 0 Å². The molecule has 0 radical (unpaired) electrons. The number of hydrogen-bond acceptors (Lipinski definition) is 5. The number of aromatic nitrogens is 1. The van der Waals surface area contributed by atoms with Crippen LogP contribution in [-0.2, 0) is 4.79 Å². The Balaban J connectivity index is 1.34. The molecule has 31 heavy (non-hydrogen) atoms. The molecule has 0 aliphatic carbocycles. The Morgan fingerprint density at radius 3 is 2.39 bits per heavy atom. The minimum Gasteiger partial charge on any atom is -0.493 e. The molecule has 1 fully saturated rings. The summed E-state index contributed by atoms with van der Waals surface area (Å²) in [7, 11) is 0. The molecule has 1 aliphatic rings. The second-order valence-electron chi connectivity index (χ2n) is 8.16. The van der Waals surface area contributed by atoms with Gasteiger partial charge < -0.3 is 14.6 Å². The molecule has 7 nitrogen and oxygen atoms in total. The second kappa shape index (κ2) is 9.31. The van der Waals surface area contributed by atoms with E-state index in [2.05, 4.69) is 44.3 Å². The highest BCUT2D eigenvalue weighted by atomic mass is 16.3. The lowest BCUT2D eigenvalue weighted by molar-refractivity contribution is -0.118.